The van der Waals surface area contributed by atoms with Crippen molar-refractivity contribution in [2.75, 3.05) is 73.2 Å². The summed E-state index contributed by atoms with van der Waals surface area (Å²) < 4.78 is 26.6. The average molecular weight is 1550 g/mol. The van der Waals surface area contributed by atoms with Crippen molar-refractivity contribution in [3.63, 3.8) is 0 Å². The van der Waals surface area contributed by atoms with Crippen molar-refractivity contribution in [3.8, 4) is 28.7 Å². The summed E-state index contributed by atoms with van der Waals surface area (Å²) in [6, 6.07) is 69.3. The Kier molecular flexibility index (Phi) is 22.4. The fourth-order valence-electron chi connectivity index (χ4n) is 17.4. The third-order valence-electron chi connectivity index (χ3n) is 23.3. The van der Waals surface area contributed by atoms with Crippen LogP contribution >= 0.6 is 0 Å². The molecule has 3 unspecified atom stereocenters. The second kappa shape index (κ2) is 34.4. The molecule has 0 fully saturated rings. The molecule has 0 saturated heterocycles. The summed E-state index contributed by atoms with van der Waals surface area (Å²) in [5.74, 6) is 4.82. The van der Waals surface area contributed by atoms with E-state index in [-0.39, 0.29) is 0 Å². The molecule has 9 aliphatic heterocycles. The Morgan fingerprint density at radius 1 is 0.487 bits per heavy atom. The van der Waals surface area contributed by atoms with Gasteiger partial charge in [-0.05, 0) is 175 Å². The number of carbonyl (C=O) groups is 1. The number of aliphatic hydroxyl groups excluding tert-OH is 1. The van der Waals surface area contributed by atoms with Crippen LogP contribution in [0.25, 0.3) is 49.9 Å². The zero-order valence-electron chi connectivity index (χ0n) is 66.8. The van der Waals surface area contributed by atoms with Crippen LogP contribution in [0.3, 0.4) is 0 Å². The largest absolute Gasteiger partial charge is 0.497 e. The quantitative estimate of drug-likeness (QED) is 0.0910. The van der Waals surface area contributed by atoms with Gasteiger partial charge in [-0.2, -0.15) is 0 Å². The number of aryl methyl sites for hydroxylation is 1. The summed E-state index contributed by atoms with van der Waals surface area (Å²) in [7, 11) is 8.47. The number of hydrogen-bond donors (Lipinski definition) is 4. The van der Waals surface area contributed by atoms with Crippen LogP contribution in [0.15, 0.2) is 297 Å². The van der Waals surface area contributed by atoms with E-state index in [1.54, 1.807) is 47.7 Å². The number of fused-ring (bicyclic) bond motifs is 19. The number of aliphatic imine (C=N–C) groups is 3. The zero-order chi connectivity index (χ0) is 79.9. The highest BCUT2D eigenvalue weighted by molar-refractivity contribution is 6.14. The van der Waals surface area contributed by atoms with E-state index in [9.17, 15) is 9.90 Å². The highest BCUT2D eigenvalue weighted by Crippen LogP contribution is 2.43. The van der Waals surface area contributed by atoms with Crippen LogP contribution in [0.4, 0.5) is 5.69 Å². The Hall–Kier alpha value is -13.4. The lowest BCUT2D eigenvalue weighted by atomic mass is 9.86. The highest BCUT2D eigenvalue weighted by Gasteiger charge is 2.36. The molecule has 0 amide bonds. The molecule has 0 radical (unpaired) electrons. The van der Waals surface area contributed by atoms with Gasteiger partial charge in [-0.25, -0.2) is 9.98 Å². The standard InChI is InChI=1S/C20H20N2O2.3C20H18N2O.C13H14N2O.C7H6O/c1-24-14-7-8-15-16-9-10-21-18(20(16)22-17(15)11-14)12-19(23)13-5-3-2-4-6-13;2*1-23-14-7-8-15-16-10-11-22-18-5-3-2-4-13(18)6-9-19(22)20(16)21-17(15)12-14;1-23-15-8-9-16-17-11-12-21-18(20(17)22-19(16)13-15)10-7-14-5-3-2-4-6-14;1-8-13-11(5-6-14-8)10-4-3-9(16-2)7-12(10)15-13;8-6-7-4-2-1-3-5-7/h2-8,11,19,22-23H,9-10,12H2,1H3;2-5,7-8,12H,6,9-11H2,1H3;2-9,12-13,18H,10-11H2,1H3;2-10,13,22H,11-12H2,1H3;3-4,7,15H,5-6H2,1-2H3;1-6H/b;;;10-7-;;. The predicted molar refractivity (Wildman–Crippen MR) is 470 cm³/mol. The first-order chi connectivity index (χ1) is 57.5. The van der Waals surface area contributed by atoms with Crippen molar-refractivity contribution < 1.29 is 33.6 Å². The number of aromatic nitrogens is 3. The van der Waals surface area contributed by atoms with E-state index in [4.69, 9.17) is 38.7 Å². The van der Waals surface area contributed by atoms with Gasteiger partial charge < -0.3 is 53.5 Å². The number of H-pyrrole nitrogens is 3. The van der Waals surface area contributed by atoms with Crippen LogP contribution in [-0.4, -0.2) is 123 Å². The minimum Gasteiger partial charge on any atom is -0.497 e. The minimum atomic E-state index is -0.545. The minimum absolute atomic E-state index is 0.433. The fraction of sp³-hybridized carbons (Fsp3) is 0.220. The second-order valence-electron chi connectivity index (χ2n) is 30.0. The van der Waals surface area contributed by atoms with Gasteiger partial charge >= 0.3 is 0 Å². The van der Waals surface area contributed by atoms with Crippen LogP contribution in [0.1, 0.15) is 99.5 Å². The molecule has 586 valence electrons. The Labute approximate surface area is 680 Å². The van der Waals surface area contributed by atoms with Gasteiger partial charge in [0.15, 0.2) is 0 Å². The van der Waals surface area contributed by atoms with Crippen molar-refractivity contribution in [1.29, 1.82) is 0 Å². The van der Waals surface area contributed by atoms with Gasteiger partial charge in [-0.15, -0.1) is 0 Å². The van der Waals surface area contributed by atoms with E-state index in [1.807, 2.05) is 121 Å². The van der Waals surface area contributed by atoms with Gasteiger partial charge in [-0.1, -0.05) is 146 Å². The number of benzene rings is 9. The van der Waals surface area contributed by atoms with Gasteiger partial charge in [0.2, 0.25) is 0 Å². The summed E-state index contributed by atoms with van der Waals surface area (Å²) in [4.78, 5) is 49.1. The van der Waals surface area contributed by atoms with E-state index in [0.29, 0.717) is 18.4 Å². The highest BCUT2D eigenvalue weighted by atomic mass is 16.5. The first-order valence-electron chi connectivity index (χ1n) is 40.3. The number of nitrogens with zero attached hydrogens (tertiary/aromatic N) is 7. The molecule has 3 atom stereocenters. The average Bonchev–Trinajstić information content (AvgIpc) is 1.73. The van der Waals surface area contributed by atoms with Crippen LogP contribution in [-0.2, 0) is 25.7 Å². The normalized spacial score (nSPS) is 17.2. The van der Waals surface area contributed by atoms with Crippen molar-refractivity contribution in [2.24, 2.45) is 30.9 Å². The molecule has 17 nitrogen and oxygen atoms in total. The first kappa shape index (κ1) is 76.3. The lowest BCUT2D eigenvalue weighted by Crippen LogP contribution is -2.43. The van der Waals surface area contributed by atoms with Gasteiger partial charge in [0, 0.05) is 135 Å². The Morgan fingerprint density at radius 2 is 1.00 bits per heavy atom. The Morgan fingerprint density at radius 3 is 1.62 bits per heavy atom. The number of hydrogen-bond acceptors (Lipinski definition) is 14. The smallest absolute Gasteiger partial charge is 0.150 e. The molecule has 9 aromatic carbocycles. The molecule has 12 heterocycles. The number of nitrogens with one attached hydrogen (secondary N) is 3. The van der Waals surface area contributed by atoms with Gasteiger partial charge in [0.05, 0.1) is 110 Å². The zero-order valence-corrected chi connectivity index (χ0v) is 66.8. The molecule has 0 bridgehead atoms. The number of carbonyl (C=O) groups excluding carboxylic acids is 1. The monoisotopic (exact) mass is 1550 g/mol. The number of rotatable bonds is 11. The molecule has 12 aromatic rings. The molecule has 3 aromatic heterocycles. The molecule has 0 saturated carbocycles. The fourth-order valence-corrected chi connectivity index (χ4v) is 17.4. The predicted octanol–water partition coefficient (Wildman–Crippen LogP) is 16.5. The maximum absolute atomic E-state index is 10.5. The molecular formula is C100H94N10O7. The molecule has 10 aliphatic rings. The van der Waals surface area contributed by atoms with Gasteiger partial charge in [-0.3, -0.25) is 19.8 Å². The molecule has 0 spiro atoms. The third-order valence-corrected chi connectivity index (χ3v) is 23.3. The first-order valence-corrected chi connectivity index (χ1v) is 40.3. The van der Waals surface area contributed by atoms with Crippen molar-refractivity contribution in [3.05, 3.63) is 349 Å². The number of ether oxygens (including phenoxy) is 5. The maximum atomic E-state index is 10.5. The molecule has 4 N–H and O–H groups in total. The van der Waals surface area contributed by atoms with Crippen LogP contribution in [0.2, 0.25) is 0 Å². The van der Waals surface area contributed by atoms with Crippen LogP contribution in [0.5, 0.6) is 28.7 Å². The van der Waals surface area contributed by atoms with E-state index >= 15 is 0 Å². The van der Waals surface area contributed by atoms with Crippen molar-refractivity contribution >= 4 is 79.0 Å². The summed E-state index contributed by atoms with van der Waals surface area (Å²) in [6.07, 6.45) is 25.7. The number of methoxy groups -OCH3 is 5. The second-order valence-corrected chi connectivity index (χ2v) is 30.0. The summed E-state index contributed by atoms with van der Waals surface area (Å²) >= 11 is 0. The lowest BCUT2D eigenvalue weighted by molar-refractivity contribution is 0.112. The summed E-state index contributed by atoms with van der Waals surface area (Å²) in [5, 5.41) is 19.0. The van der Waals surface area contributed by atoms with E-state index in [1.165, 1.54) is 94.0 Å². The van der Waals surface area contributed by atoms with Gasteiger partial charge in [0.25, 0.3) is 0 Å². The number of para-hydroxylation sites is 1. The molecular weight excluding hydrogens is 1450 g/mol. The summed E-state index contributed by atoms with van der Waals surface area (Å²) in [6.45, 7) is 6.66. The Balaban J connectivity index is 0.000000103. The SMILES string of the molecule is COc1ccc2c(c1)=NC1=C3C=CC4C=CC=CC4N3CCC=21.COc1ccc2c(c1)=NC1=C3CCc4ccccc4N3CCC=21.COc1ccc2c3c([nH]c2c1)C(/C=C\c1ccccc1)=NCC3.COc1ccc2c3c([nH]c2c1)C(C)=NCC3.COc1ccc2c3c([nH]c2c1)C(CC(O)c1ccccc1)=NCC3.O=Cc1ccccc1. The number of aromatic amines is 3. The Bertz CT molecular complexity index is 6370. The van der Waals surface area contributed by atoms with E-state index < -0.39 is 6.10 Å². The molecule has 22 rings (SSSR count). The summed E-state index contributed by atoms with van der Waals surface area (Å²) in [5.41, 5.74) is 27.2. The topological polar surface area (TPSA) is 199 Å². The van der Waals surface area contributed by atoms with Crippen molar-refractivity contribution in [1.82, 2.24) is 19.9 Å². The lowest BCUT2D eigenvalue weighted by Gasteiger charge is -2.42. The molecule has 17 heteroatoms. The maximum Gasteiger partial charge on any atom is 0.150 e. The third kappa shape index (κ3) is 15.8. The van der Waals surface area contributed by atoms with Crippen molar-refractivity contribution in [2.45, 2.75) is 70.4 Å². The van der Waals surface area contributed by atoms with E-state index in [0.717, 1.165) is 185 Å². The number of anilines is 1. The number of aldehydes is 1. The number of aliphatic hydroxyl groups is 1. The van der Waals surface area contributed by atoms with Gasteiger partial charge in [0.1, 0.15) is 35.0 Å². The van der Waals surface area contributed by atoms with Crippen LogP contribution < -0.4 is 49.7 Å². The molecule has 1 aliphatic carbocycles. The molecule has 117 heavy (non-hydrogen) atoms. The number of allylic oxidation sites excluding steroid dienone is 7. The van der Waals surface area contributed by atoms with Crippen LogP contribution in [0, 0.1) is 5.92 Å². The van der Waals surface area contributed by atoms with E-state index in [2.05, 4.69) is 163 Å².